The van der Waals surface area contributed by atoms with Crippen molar-refractivity contribution in [1.29, 1.82) is 0 Å². The summed E-state index contributed by atoms with van der Waals surface area (Å²) in [6, 6.07) is 6.99. The molecular weight excluding hydrogens is 658 g/mol. The fraction of sp³-hybridized carbons (Fsp3) is 0.250. The van der Waals surface area contributed by atoms with Crippen molar-refractivity contribution >= 4 is 47.2 Å². The van der Waals surface area contributed by atoms with E-state index >= 15 is 0 Å². The van der Waals surface area contributed by atoms with Crippen LogP contribution >= 0.6 is 0 Å². The second-order valence-corrected chi connectivity index (χ2v) is 11.0. The molecule has 2 heterocycles. The highest BCUT2D eigenvalue weighted by molar-refractivity contribution is 5.99. The van der Waals surface area contributed by atoms with E-state index < -0.39 is 66.1 Å². The molecule has 2 aromatic carbocycles. The van der Waals surface area contributed by atoms with Crippen molar-refractivity contribution in [1.82, 2.24) is 20.6 Å². The van der Waals surface area contributed by atoms with E-state index in [4.69, 9.17) is 20.3 Å². The third-order valence-corrected chi connectivity index (χ3v) is 6.98. The molecule has 1 aromatic heterocycles. The Kier molecular flexibility index (Phi) is 11.6. The zero-order chi connectivity index (χ0) is 36.5. The summed E-state index contributed by atoms with van der Waals surface area (Å²) in [6.07, 6.45) is 1.12. The van der Waals surface area contributed by atoms with E-state index in [9.17, 15) is 39.0 Å². The lowest BCUT2D eigenvalue weighted by molar-refractivity contribution is -0.140. The Morgan fingerprint density at radius 3 is 2.40 bits per heavy atom. The number of hydrogen-bond donors (Lipinski definition) is 8. The molecule has 0 aliphatic carbocycles. The number of phenols is 1. The van der Waals surface area contributed by atoms with Crippen molar-refractivity contribution in [3.05, 3.63) is 77.3 Å². The number of aromatic nitrogens is 2. The van der Waals surface area contributed by atoms with Gasteiger partial charge in [0.15, 0.2) is 29.3 Å². The number of ether oxygens (including phenoxy) is 2. The lowest BCUT2D eigenvalue weighted by atomic mass is 10.00. The molecule has 50 heavy (non-hydrogen) atoms. The van der Waals surface area contributed by atoms with Crippen LogP contribution in [0.15, 0.2) is 54.7 Å². The van der Waals surface area contributed by atoms with Gasteiger partial charge in [-0.15, -0.1) is 0 Å². The van der Waals surface area contributed by atoms with Gasteiger partial charge in [0.2, 0.25) is 0 Å². The first-order chi connectivity index (χ1) is 23.7. The lowest BCUT2D eigenvalue weighted by Crippen LogP contribution is -2.51. The smallest absolute Gasteiger partial charge is 0.336 e. The topological polar surface area (TPSA) is 281 Å². The van der Waals surface area contributed by atoms with Crippen LogP contribution in [0.5, 0.6) is 17.2 Å². The van der Waals surface area contributed by atoms with Crippen molar-refractivity contribution in [2.75, 3.05) is 10.6 Å². The number of esters is 2. The average Bonchev–Trinajstić information content (AvgIpc) is 3.06. The number of amides is 2. The quantitative estimate of drug-likeness (QED) is 0.0674. The summed E-state index contributed by atoms with van der Waals surface area (Å²) < 4.78 is 10.5. The molecule has 0 saturated carbocycles. The van der Waals surface area contributed by atoms with Crippen molar-refractivity contribution in [2.24, 2.45) is 5.73 Å². The number of fused-ring (bicyclic) bond motifs is 1. The van der Waals surface area contributed by atoms with Gasteiger partial charge >= 0.3 is 23.9 Å². The molecule has 18 nitrogen and oxygen atoms in total. The Balaban J connectivity index is 1.33. The molecule has 2 unspecified atom stereocenters. The Labute approximate surface area is 283 Å². The van der Waals surface area contributed by atoms with Crippen LogP contribution in [0.4, 0.5) is 11.5 Å². The molecule has 3 aromatic rings. The second-order valence-electron chi connectivity index (χ2n) is 11.0. The van der Waals surface area contributed by atoms with Crippen LogP contribution < -0.4 is 36.5 Å². The van der Waals surface area contributed by atoms with E-state index in [-0.39, 0.29) is 47.1 Å². The first-order valence-corrected chi connectivity index (χ1v) is 15.0. The Hall–Kier alpha value is -6.56. The minimum Gasteiger partial charge on any atom is -0.504 e. The maximum Gasteiger partial charge on any atom is 0.336 e. The number of carbonyl (C=O) groups is 6. The molecule has 1 aliphatic heterocycles. The number of carboxylic acids is 2. The number of aliphatic carboxylic acids is 2. The third-order valence-electron chi connectivity index (χ3n) is 6.98. The van der Waals surface area contributed by atoms with Crippen LogP contribution in [0.3, 0.4) is 0 Å². The van der Waals surface area contributed by atoms with Gasteiger partial charge in [-0.2, -0.15) is 0 Å². The summed E-state index contributed by atoms with van der Waals surface area (Å²) >= 11 is 0. The standard InChI is InChI=1S/C32H33N7O11/c1-15(2)25-21(9-8-20(40)27(25)50-24(44)12-10-22(41)42)49-23(43)11-7-19(31(47)48)37-29(45)16-3-5-17(6-4-16)34-13-18-14-35-28-26(36-18)30(46)39-32(33)38-28/h3-6,8-10,12,14-15,19,32,34,40H,7,11,13,33H2,1-2H3,(H,35,38)(H,37,45)(H,39,46)(H,41,42)(H,47,48)/b12-10+. The van der Waals surface area contributed by atoms with Gasteiger partial charge in [0.25, 0.3) is 11.8 Å². The number of aromatic hydroxyl groups is 1. The minimum atomic E-state index is -1.46. The van der Waals surface area contributed by atoms with Crippen molar-refractivity contribution < 1.29 is 53.6 Å². The van der Waals surface area contributed by atoms with Gasteiger partial charge in [0, 0.05) is 35.4 Å². The molecule has 0 spiro atoms. The highest BCUT2D eigenvalue weighted by Crippen LogP contribution is 2.41. The van der Waals surface area contributed by atoms with E-state index in [1.54, 1.807) is 26.0 Å². The largest absolute Gasteiger partial charge is 0.504 e. The zero-order valence-electron chi connectivity index (χ0n) is 26.6. The zero-order valence-corrected chi connectivity index (χ0v) is 26.6. The van der Waals surface area contributed by atoms with Crippen LogP contribution in [0.1, 0.15) is 64.7 Å². The summed E-state index contributed by atoms with van der Waals surface area (Å²) in [5, 5.41) is 39.5. The number of nitrogens with one attached hydrogen (secondary N) is 4. The highest BCUT2D eigenvalue weighted by Gasteiger charge is 2.26. The first-order valence-electron chi connectivity index (χ1n) is 15.0. The predicted octanol–water partition coefficient (Wildman–Crippen LogP) is 1.43. The summed E-state index contributed by atoms with van der Waals surface area (Å²) in [4.78, 5) is 80.8. The van der Waals surface area contributed by atoms with Crippen molar-refractivity contribution in [3.63, 3.8) is 0 Å². The summed E-state index contributed by atoms with van der Waals surface area (Å²) in [5.74, 6) is -7.01. The molecule has 18 heteroatoms. The number of anilines is 2. The van der Waals surface area contributed by atoms with E-state index in [2.05, 4.69) is 31.2 Å². The number of benzene rings is 2. The van der Waals surface area contributed by atoms with Crippen LogP contribution in [0.2, 0.25) is 0 Å². The van der Waals surface area contributed by atoms with Crippen molar-refractivity contribution in [3.8, 4) is 17.2 Å². The van der Waals surface area contributed by atoms with Gasteiger partial charge in [0.05, 0.1) is 18.4 Å². The Bertz CT molecular complexity index is 1840. The summed E-state index contributed by atoms with van der Waals surface area (Å²) in [6.45, 7) is 3.52. The number of phenolic OH excluding ortho intramolecular Hbond substituents is 1. The second kappa shape index (κ2) is 16.0. The fourth-order valence-corrected chi connectivity index (χ4v) is 4.62. The van der Waals surface area contributed by atoms with E-state index in [0.717, 1.165) is 6.07 Å². The molecule has 4 rings (SSSR count). The van der Waals surface area contributed by atoms with Gasteiger partial charge in [-0.3, -0.25) is 20.1 Å². The predicted molar refractivity (Wildman–Crippen MR) is 173 cm³/mol. The monoisotopic (exact) mass is 691 g/mol. The van der Waals surface area contributed by atoms with Gasteiger partial charge in [-0.25, -0.2) is 24.4 Å². The van der Waals surface area contributed by atoms with Crippen LogP contribution in [-0.4, -0.2) is 73.3 Å². The minimum absolute atomic E-state index is 0.0802. The maximum atomic E-state index is 12.9. The first kappa shape index (κ1) is 36.3. The molecule has 262 valence electrons. The number of carbonyl (C=O) groups excluding carboxylic acids is 4. The number of hydrogen-bond acceptors (Lipinski definition) is 14. The molecule has 0 radical (unpaired) electrons. The average molecular weight is 692 g/mol. The van der Waals surface area contributed by atoms with Gasteiger partial charge in [-0.05, 0) is 48.7 Å². The van der Waals surface area contributed by atoms with E-state index in [1.165, 1.54) is 24.4 Å². The molecule has 2 amide bonds. The third kappa shape index (κ3) is 9.50. The fourth-order valence-electron chi connectivity index (χ4n) is 4.62. The van der Waals surface area contributed by atoms with Crippen molar-refractivity contribution in [2.45, 2.75) is 51.5 Å². The van der Waals surface area contributed by atoms with E-state index in [1.807, 2.05) is 0 Å². The Morgan fingerprint density at radius 2 is 1.74 bits per heavy atom. The van der Waals surface area contributed by atoms with Gasteiger partial charge < -0.3 is 46.1 Å². The molecular formula is C32H33N7O11. The normalized spacial score (nSPS) is 14.2. The van der Waals surface area contributed by atoms with Crippen LogP contribution in [-0.2, 0) is 25.7 Å². The molecule has 0 saturated heterocycles. The number of nitrogens with zero attached hydrogens (tertiary/aromatic N) is 2. The number of rotatable bonds is 14. The van der Waals surface area contributed by atoms with Gasteiger partial charge in [-0.1, -0.05) is 13.8 Å². The molecule has 9 N–H and O–H groups in total. The van der Waals surface area contributed by atoms with E-state index in [0.29, 0.717) is 23.5 Å². The number of carboxylic acid groups (broad SMARTS) is 2. The molecule has 0 fully saturated rings. The Morgan fingerprint density at radius 1 is 1.02 bits per heavy atom. The van der Waals surface area contributed by atoms with Gasteiger partial charge in [0.1, 0.15) is 11.8 Å². The van der Waals surface area contributed by atoms with Crippen LogP contribution in [0.25, 0.3) is 0 Å². The highest BCUT2D eigenvalue weighted by atomic mass is 16.6. The van der Waals surface area contributed by atoms with Crippen LogP contribution in [0, 0.1) is 0 Å². The SMILES string of the molecule is CC(C)c1c(OC(=O)CCC(NC(=O)c2ccc(NCc3cnc4c(n3)C(=O)NC(N)N4)cc2)C(=O)O)ccc(O)c1OC(=O)/C=C/C(=O)O. The summed E-state index contributed by atoms with van der Waals surface area (Å²) in [7, 11) is 0. The number of nitrogens with two attached hydrogens (primary N) is 1. The summed E-state index contributed by atoms with van der Waals surface area (Å²) in [5.41, 5.74) is 7.07. The molecule has 1 aliphatic rings. The molecule has 0 bridgehead atoms. The lowest BCUT2D eigenvalue weighted by Gasteiger charge is -2.23. The molecule has 2 atom stereocenters. The maximum absolute atomic E-state index is 12.9.